The summed E-state index contributed by atoms with van der Waals surface area (Å²) in [5, 5.41) is -0.248. The van der Waals surface area contributed by atoms with E-state index in [0.717, 1.165) is 5.75 Å². The van der Waals surface area contributed by atoms with E-state index in [2.05, 4.69) is 12.6 Å². The Hall–Kier alpha value is -1.16. The molecule has 1 aromatic rings. The number of carbonyl (C=O) groups is 1. The fourth-order valence-electron chi connectivity index (χ4n) is 0.913. The van der Waals surface area contributed by atoms with Gasteiger partial charge < -0.3 is 9.64 Å². The molecule has 1 rings (SSSR count). The van der Waals surface area contributed by atoms with E-state index in [4.69, 9.17) is 4.74 Å². The first-order valence-corrected chi connectivity index (χ1v) is 4.77. The van der Waals surface area contributed by atoms with Gasteiger partial charge in [0.15, 0.2) is 0 Å². The Bertz CT molecular complexity index is 289. The summed E-state index contributed by atoms with van der Waals surface area (Å²) in [6.45, 7) is 1.02. The van der Waals surface area contributed by atoms with Crippen LogP contribution in [0.1, 0.15) is 0 Å². The smallest absolute Gasteiger partial charge is 0.278 e. The highest BCUT2D eigenvalue weighted by Gasteiger charge is 2.01. The monoisotopic (exact) mass is 211 g/mol. The van der Waals surface area contributed by atoms with Crippen LogP contribution in [-0.4, -0.2) is 30.3 Å². The highest BCUT2D eigenvalue weighted by atomic mass is 32.1. The van der Waals surface area contributed by atoms with Gasteiger partial charge in [0.05, 0.1) is 6.54 Å². The van der Waals surface area contributed by atoms with Gasteiger partial charge >= 0.3 is 0 Å². The average molecular weight is 211 g/mol. The van der Waals surface area contributed by atoms with Crippen molar-refractivity contribution in [3.8, 4) is 5.75 Å². The standard InChI is InChI=1S/C10H13NO2S/c1-11(10(12)14)7-8-13-9-5-3-2-4-6-9/h2-6H,7-8H2,1H3,(H,12,14). The van der Waals surface area contributed by atoms with Crippen LogP contribution in [0.25, 0.3) is 0 Å². The Balaban J connectivity index is 2.26. The molecule has 0 aliphatic heterocycles. The van der Waals surface area contributed by atoms with Gasteiger partial charge in [-0.3, -0.25) is 4.79 Å². The summed E-state index contributed by atoms with van der Waals surface area (Å²) in [6, 6.07) is 9.49. The van der Waals surface area contributed by atoms with E-state index < -0.39 is 0 Å². The van der Waals surface area contributed by atoms with Crippen LogP contribution in [0.3, 0.4) is 0 Å². The van der Waals surface area contributed by atoms with Crippen molar-refractivity contribution >= 4 is 17.9 Å². The van der Waals surface area contributed by atoms with Gasteiger partial charge in [-0.2, -0.15) is 0 Å². The average Bonchev–Trinajstić information content (AvgIpc) is 2.19. The molecule has 0 fully saturated rings. The summed E-state index contributed by atoms with van der Waals surface area (Å²) in [7, 11) is 1.68. The van der Waals surface area contributed by atoms with Gasteiger partial charge in [0, 0.05) is 7.05 Å². The first-order chi connectivity index (χ1) is 6.70. The lowest BCUT2D eigenvalue weighted by Crippen LogP contribution is -2.26. The van der Waals surface area contributed by atoms with Crippen LogP contribution in [0.2, 0.25) is 0 Å². The van der Waals surface area contributed by atoms with Gasteiger partial charge in [-0.05, 0) is 12.1 Å². The first-order valence-electron chi connectivity index (χ1n) is 4.32. The highest BCUT2D eigenvalue weighted by Crippen LogP contribution is 2.07. The van der Waals surface area contributed by atoms with Gasteiger partial charge in [-0.25, -0.2) is 0 Å². The number of amides is 1. The first kappa shape index (κ1) is 10.9. The van der Waals surface area contributed by atoms with Crippen LogP contribution in [0, 0.1) is 0 Å². The molecule has 0 unspecified atom stereocenters. The third-order valence-corrected chi connectivity index (χ3v) is 2.11. The third-order valence-electron chi connectivity index (χ3n) is 1.77. The van der Waals surface area contributed by atoms with Crippen molar-refractivity contribution in [1.29, 1.82) is 0 Å². The van der Waals surface area contributed by atoms with E-state index in [0.29, 0.717) is 13.2 Å². The molecular formula is C10H13NO2S. The predicted octanol–water partition coefficient (Wildman–Crippen LogP) is 2.05. The topological polar surface area (TPSA) is 29.5 Å². The van der Waals surface area contributed by atoms with Gasteiger partial charge in [0.2, 0.25) is 0 Å². The minimum atomic E-state index is -0.248. The number of para-hydroxylation sites is 1. The second-order valence-corrected chi connectivity index (χ2v) is 3.25. The van der Waals surface area contributed by atoms with E-state index in [1.807, 2.05) is 30.3 Å². The third kappa shape index (κ3) is 3.70. The summed E-state index contributed by atoms with van der Waals surface area (Å²) in [5.41, 5.74) is 0. The number of rotatable bonds is 4. The van der Waals surface area contributed by atoms with Crippen molar-refractivity contribution in [3.63, 3.8) is 0 Å². The van der Waals surface area contributed by atoms with Crippen LogP contribution in [-0.2, 0) is 0 Å². The highest BCUT2D eigenvalue weighted by molar-refractivity contribution is 7.96. The zero-order valence-corrected chi connectivity index (χ0v) is 8.91. The Labute approximate surface area is 89.1 Å². The number of thiol groups is 1. The van der Waals surface area contributed by atoms with Gasteiger partial charge in [-0.15, -0.1) is 0 Å². The molecule has 76 valence electrons. The van der Waals surface area contributed by atoms with Crippen molar-refractivity contribution in [2.45, 2.75) is 0 Å². The summed E-state index contributed by atoms with van der Waals surface area (Å²) in [5.74, 6) is 0.813. The van der Waals surface area contributed by atoms with Crippen molar-refractivity contribution in [3.05, 3.63) is 30.3 Å². The number of hydrogen-bond donors (Lipinski definition) is 1. The molecule has 4 heteroatoms. The lowest BCUT2D eigenvalue weighted by atomic mass is 10.3. The number of hydrogen-bond acceptors (Lipinski definition) is 2. The molecule has 1 amide bonds. The number of carbonyl (C=O) groups excluding carboxylic acids is 1. The second-order valence-electron chi connectivity index (χ2n) is 2.87. The van der Waals surface area contributed by atoms with Gasteiger partial charge in [-0.1, -0.05) is 30.8 Å². The van der Waals surface area contributed by atoms with Crippen LogP contribution in [0.4, 0.5) is 4.79 Å². The lowest BCUT2D eigenvalue weighted by Gasteiger charge is -2.14. The van der Waals surface area contributed by atoms with Crippen LogP contribution in [0.15, 0.2) is 30.3 Å². The van der Waals surface area contributed by atoms with Crippen LogP contribution in [0.5, 0.6) is 5.75 Å². The molecule has 0 bridgehead atoms. The van der Waals surface area contributed by atoms with Crippen LogP contribution < -0.4 is 4.74 Å². The minimum Gasteiger partial charge on any atom is -0.492 e. The Morgan fingerprint density at radius 2 is 2.07 bits per heavy atom. The Morgan fingerprint density at radius 1 is 1.43 bits per heavy atom. The maximum absolute atomic E-state index is 10.7. The van der Waals surface area contributed by atoms with E-state index in [1.54, 1.807) is 7.05 Å². The van der Waals surface area contributed by atoms with Crippen molar-refractivity contribution in [1.82, 2.24) is 4.90 Å². The Morgan fingerprint density at radius 3 is 2.64 bits per heavy atom. The fourth-order valence-corrected chi connectivity index (χ4v) is 1.01. The van der Waals surface area contributed by atoms with Gasteiger partial charge in [0.25, 0.3) is 5.24 Å². The summed E-state index contributed by atoms with van der Waals surface area (Å²) < 4.78 is 5.40. The quantitative estimate of drug-likeness (QED) is 0.772. The van der Waals surface area contributed by atoms with E-state index >= 15 is 0 Å². The maximum Gasteiger partial charge on any atom is 0.278 e. The molecular weight excluding hydrogens is 198 g/mol. The molecule has 0 spiro atoms. The molecule has 1 aromatic carbocycles. The molecule has 0 atom stereocenters. The zero-order valence-electron chi connectivity index (χ0n) is 8.01. The normalized spacial score (nSPS) is 9.57. The molecule has 0 radical (unpaired) electrons. The molecule has 3 nitrogen and oxygen atoms in total. The molecule has 0 heterocycles. The molecule has 0 saturated carbocycles. The number of nitrogens with zero attached hydrogens (tertiary/aromatic N) is 1. The van der Waals surface area contributed by atoms with Crippen molar-refractivity contribution in [2.24, 2.45) is 0 Å². The minimum absolute atomic E-state index is 0.248. The molecule has 0 aromatic heterocycles. The van der Waals surface area contributed by atoms with Crippen LogP contribution >= 0.6 is 12.6 Å². The van der Waals surface area contributed by atoms with Crippen molar-refractivity contribution < 1.29 is 9.53 Å². The second kappa shape index (κ2) is 5.54. The van der Waals surface area contributed by atoms with Gasteiger partial charge in [0.1, 0.15) is 12.4 Å². The number of ether oxygens (including phenoxy) is 1. The van der Waals surface area contributed by atoms with E-state index in [-0.39, 0.29) is 5.24 Å². The van der Waals surface area contributed by atoms with E-state index in [9.17, 15) is 4.79 Å². The molecule has 0 N–H and O–H groups in total. The molecule has 14 heavy (non-hydrogen) atoms. The number of likely N-dealkylation sites (N-methyl/N-ethyl adjacent to an activating group) is 1. The predicted molar refractivity (Wildman–Crippen MR) is 58.9 cm³/mol. The largest absolute Gasteiger partial charge is 0.492 e. The molecule has 0 aliphatic carbocycles. The summed E-state index contributed by atoms with van der Waals surface area (Å²) in [6.07, 6.45) is 0. The Kier molecular flexibility index (Phi) is 4.32. The number of benzene rings is 1. The fraction of sp³-hybridized carbons (Fsp3) is 0.300. The van der Waals surface area contributed by atoms with Crippen molar-refractivity contribution in [2.75, 3.05) is 20.2 Å². The molecule has 0 aliphatic rings. The van der Waals surface area contributed by atoms with E-state index in [1.165, 1.54) is 4.90 Å². The zero-order chi connectivity index (χ0) is 10.4. The lowest BCUT2D eigenvalue weighted by molar-refractivity contribution is 0.218. The summed E-state index contributed by atoms with van der Waals surface area (Å²) >= 11 is 3.68. The summed E-state index contributed by atoms with van der Waals surface area (Å²) in [4.78, 5) is 12.2. The molecule has 0 saturated heterocycles. The maximum atomic E-state index is 10.7. The SMILES string of the molecule is CN(CCOc1ccccc1)C(=O)S.